The molecule has 142 valence electrons. The van der Waals surface area contributed by atoms with Gasteiger partial charge in [-0.2, -0.15) is 0 Å². The first kappa shape index (κ1) is 20.3. The SMILES string of the molecule is CN(C)S(=O)(=O)c1ccc(CCS(=O)(=O)N2CCCC(CO)C2)cc1. The molecule has 0 bridgehead atoms. The van der Waals surface area contributed by atoms with Crippen molar-refractivity contribution in [3.8, 4) is 0 Å². The van der Waals surface area contributed by atoms with Crippen LogP contribution in [0.2, 0.25) is 0 Å². The van der Waals surface area contributed by atoms with Crippen molar-refractivity contribution in [2.75, 3.05) is 39.5 Å². The molecule has 0 saturated carbocycles. The van der Waals surface area contributed by atoms with Crippen molar-refractivity contribution in [2.24, 2.45) is 5.92 Å². The molecule has 0 amide bonds. The number of nitrogens with zero attached hydrogens (tertiary/aromatic N) is 2. The minimum Gasteiger partial charge on any atom is -0.396 e. The third-order valence-electron chi connectivity index (χ3n) is 4.48. The highest BCUT2D eigenvalue weighted by Crippen LogP contribution is 2.20. The zero-order chi connectivity index (χ0) is 18.7. The van der Waals surface area contributed by atoms with E-state index in [0.717, 1.165) is 22.7 Å². The fourth-order valence-corrected chi connectivity index (χ4v) is 5.34. The van der Waals surface area contributed by atoms with Crippen LogP contribution >= 0.6 is 0 Å². The Bertz CT molecular complexity index is 773. The highest BCUT2D eigenvalue weighted by molar-refractivity contribution is 7.89. The van der Waals surface area contributed by atoms with E-state index < -0.39 is 20.0 Å². The standard InChI is InChI=1S/C16H26N2O5S2/c1-17(2)25(22,23)16-7-5-14(6-8-16)9-11-24(20,21)18-10-3-4-15(12-18)13-19/h5-8,15,19H,3-4,9-13H2,1-2H3. The maximum Gasteiger partial charge on any atom is 0.242 e. The Morgan fingerprint density at radius 1 is 1.16 bits per heavy atom. The predicted octanol–water partition coefficient (Wildman–Crippen LogP) is 0.514. The van der Waals surface area contributed by atoms with Gasteiger partial charge in [0.2, 0.25) is 20.0 Å². The molecule has 1 aromatic rings. The summed E-state index contributed by atoms with van der Waals surface area (Å²) in [6, 6.07) is 6.30. The third-order valence-corrected chi connectivity index (χ3v) is 8.15. The number of benzene rings is 1. The number of aliphatic hydroxyl groups is 1. The van der Waals surface area contributed by atoms with Crippen LogP contribution in [0, 0.1) is 5.92 Å². The number of aliphatic hydroxyl groups excluding tert-OH is 1. The van der Waals surface area contributed by atoms with Gasteiger partial charge in [0, 0.05) is 33.8 Å². The van der Waals surface area contributed by atoms with E-state index in [1.165, 1.54) is 30.5 Å². The summed E-state index contributed by atoms with van der Waals surface area (Å²) in [7, 11) is -3.93. The minimum absolute atomic E-state index is 0.00777. The molecule has 1 aliphatic heterocycles. The molecule has 0 radical (unpaired) electrons. The molecule has 1 unspecified atom stereocenters. The number of sulfonamides is 2. The van der Waals surface area contributed by atoms with Crippen LogP contribution < -0.4 is 0 Å². The molecule has 1 N–H and O–H groups in total. The van der Waals surface area contributed by atoms with E-state index >= 15 is 0 Å². The zero-order valence-electron chi connectivity index (χ0n) is 14.6. The zero-order valence-corrected chi connectivity index (χ0v) is 16.3. The molecular formula is C16H26N2O5S2. The molecule has 1 heterocycles. The van der Waals surface area contributed by atoms with Gasteiger partial charge in [-0.15, -0.1) is 0 Å². The van der Waals surface area contributed by atoms with Crippen LogP contribution in [0.25, 0.3) is 0 Å². The van der Waals surface area contributed by atoms with E-state index in [0.29, 0.717) is 19.5 Å². The number of aryl methyl sites for hydroxylation is 1. The van der Waals surface area contributed by atoms with Gasteiger partial charge in [0.15, 0.2) is 0 Å². The van der Waals surface area contributed by atoms with Gasteiger partial charge >= 0.3 is 0 Å². The maximum atomic E-state index is 12.5. The summed E-state index contributed by atoms with van der Waals surface area (Å²) in [5.74, 6) is -0.00988. The van der Waals surface area contributed by atoms with Crippen molar-refractivity contribution >= 4 is 20.0 Å². The first-order valence-electron chi connectivity index (χ1n) is 8.27. The van der Waals surface area contributed by atoms with Crippen molar-refractivity contribution < 1.29 is 21.9 Å². The molecule has 1 atom stereocenters. The molecule has 1 aromatic carbocycles. The Morgan fingerprint density at radius 2 is 1.80 bits per heavy atom. The smallest absolute Gasteiger partial charge is 0.242 e. The second-order valence-corrected chi connectivity index (χ2v) is 10.8. The molecule has 0 aliphatic carbocycles. The predicted molar refractivity (Wildman–Crippen MR) is 96.2 cm³/mol. The van der Waals surface area contributed by atoms with Crippen molar-refractivity contribution in [3.63, 3.8) is 0 Å². The lowest BCUT2D eigenvalue weighted by molar-refractivity contribution is 0.165. The summed E-state index contributed by atoms with van der Waals surface area (Å²) in [6.45, 7) is 0.880. The molecule has 0 spiro atoms. The van der Waals surface area contributed by atoms with Gasteiger partial charge in [-0.25, -0.2) is 25.4 Å². The van der Waals surface area contributed by atoms with Gasteiger partial charge in [0.1, 0.15) is 0 Å². The minimum atomic E-state index is -3.48. The second-order valence-electron chi connectivity index (χ2n) is 6.55. The molecule has 1 fully saturated rings. The van der Waals surface area contributed by atoms with Gasteiger partial charge in [0.05, 0.1) is 10.6 Å². The molecule has 0 aromatic heterocycles. The largest absolute Gasteiger partial charge is 0.396 e. The molecule has 1 saturated heterocycles. The first-order valence-corrected chi connectivity index (χ1v) is 11.3. The quantitative estimate of drug-likeness (QED) is 0.732. The fraction of sp³-hybridized carbons (Fsp3) is 0.625. The fourth-order valence-electron chi connectivity index (χ4n) is 2.84. The van der Waals surface area contributed by atoms with Crippen LogP contribution in [-0.2, 0) is 26.5 Å². The summed E-state index contributed by atoms with van der Waals surface area (Å²) in [5, 5.41) is 9.24. The molecule has 9 heteroatoms. The van der Waals surface area contributed by atoms with E-state index in [4.69, 9.17) is 0 Å². The number of hydrogen-bond donors (Lipinski definition) is 1. The van der Waals surface area contributed by atoms with Gasteiger partial charge in [-0.3, -0.25) is 0 Å². The number of piperidine rings is 1. The van der Waals surface area contributed by atoms with Crippen LogP contribution in [0.1, 0.15) is 18.4 Å². The lowest BCUT2D eigenvalue weighted by atomic mass is 10.0. The topological polar surface area (TPSA) is 95.0 Å². The Hall–Kier alpha value is -1.00. The summed E-state index contributed by atoms with van der Waals surface area (Å²) in [5.41, 5.74) is 0.775. The lowest BCUT2D eigenvalue weighted by Gasteiger charge is -2.31. The van der Waals surface area contributed by atoms with Crippen LogP contribution in [0.4, 0.5) is 0 Å². The first-order chi connectivity index (χ1) is 11.7. The average molecular weight is 391 g/mol. The van der Waals surface area contributed by atoms with Crippen LogP contribution in [0.5, 0.6) is 0 Å². The number of rotatable bonds is 7. The van der Waals surface area contributed by atoms with E-state index in [1.54, 1.807) is 12.1 Å². The highest BCUT2D eigenvalue weighted by atomic mass is 32.2. The summed E-state index contributed by atoms with van der Waals surface area (Å²) in [4.78, 5) is 0.186. The van der Waals surface area contributed by atoms with Crippen LogP contribution in [0.3, 0.4) is 0 Å². The Balaban J connectivity index is 2.01. The van der Waals surface area contributed by atoms with E-state index in [2.05, 4.69) is 0 Å². The van der Waals surface area contributed by atoms with Gasteiger partial charge < -0.3 is 5.11 Å². The van der Waals surface area contributed by atoms with Gasteiger partial charge in [-0.05, 0) is 42.9 Å². The van der Waals surface area contributed by atoms with Crippen molar-refractivity contribution in [3.05, 3.63) is 29.8 Å². The Morgan fingerprint density at radius 3 is 2.36 bits per heavy atom. The van der Waals surface area contributed by atoms with E-state index in [9.17, 15) is 21.9 Å². The van der Waals surface area contributed by atoms with Crippen molar-refractivity contribution in [2.45, 2.75) is 24.2 Å². The summed E-state index contributed by atoms with van der Waals surface area (Å²) >= 11 is 0. The lowest BCUT2D eigenvalue weighted by Crippen LogP contribution is -2.42. The Kier molecular flexibility index (Phi) is 6.61. The third kappa shape index (κ3) is 5.01. The molecule has 1 aliphatic rings. The molecular weight excluding hydrogens is 364 g/mol. The van der Waals surface area contributed by atoms with Crippen LogP contribution in [0.15, 0.2) is 29.2 Å². The average Bonchev–Trinajstić information content (AvgIpc) is 2.60. The van der Waals surface area contributed by atoms with E-state index in [1.807, 2.05) is 0 Å². The normalized spacial score (nSPS) is 20.1. The summed E-state index contributed by atoms with van der Waals surface area (Å²) < 4.78 is 51.6. The second kappa shape index (κ2) is 8.13. The van der Waals surface area contributed by atoms with Crippen molar-refractivity contribution in [1.29, 1.82) is 0 Å². The molecule has 7 nitrogen and oxygen atoms in total. The monoisotopic (exact) mass is 390 g/mol. The number of hydrogen-bond acceptors (Lipinski definition) is 5. The van der Waals surface area contributed by atoms with E-state index in [-0.39, 0.29) is 23.2 Å². The van der Waals surface area contributed by atoms with Gasteiger partial charge in [0.25, 0.3) is 0 Å². The van der Waals surface area contributed by atoms with Crippen LogP contribution in [-0.4, -0.2) is 70.1 Å². The maximum absolute atomic E-state index is 12.5. The Labute approximate surface area is 150 Å². The van der Waals surface area contributed by atoms with Gasteiger partial charge in [-0.1, -0.05) is 12.1 Å². The van der Waals surface area contributed by atoms with Crippen molar-refractivity contribution in [1.82, 2.24) is 8.61 Å². The molecule has 2 rings (SSSR count). The highest BCUT2D eigenvalue weighted by Gasteiger charge is 2.28. The molecule has 25 heavy (non-hydrogen) atoms. The summed E-state index contributed by atoms with van der Waals surface area (Å²) in [6.07, 6.45) is 1.94.